The number of hydrogen-bond acceptors (Lipinski definition) is 10. The lowest BCUT2D eigenvalue weighted by Gasteiger charge is -2.32. The highest BCUT2D eigenvalue weighted by atomic mass is 16.5. The van der Waals surface area contributed by atoms with Gasteiger partial charge in [0, 0.05) is 49.0 Å². The van der Waals surface area contributed by atoms with Crippen LogP contribution in [0.4, 0.5) is 17.3 Å². The summed E-state index contributed by atoms with van der Waals surface area (Å²) < 4.78 is 16.9. The number of oxazole rings is 1. The van der Waals surface area contributed by atoms with Gasteiger partial charge in [0.2, 0.25) is 11.8 Å². The highest BCUT2D eigenvalue weighted by molar-refractivity contribution is 6.04. The molecule has 2 fully saturated rings. The molecular formula is C28H30N6O5. The number of hydrogen-bond donors (Lipinski definition) is 2. The van der Waals surface area contributed by atoms with E-state index in [0.29, 0.717) is 48.3 Å². The first kappa shape index (κ1) is 25.1. The van der Waals surface area contributed by atoms with Crippen molar-refractivity contribution in [2.45, 2.75) is 26.4 Å². The van der Waals surface area contributed by atoms with E-state index in [9.17, 15) is 9.59 Å². The van der Waals surface area contributed by atoms with Crippen LogP contribution in [0.1, 0.15) is 20.3 Å². The third kappa shape index (κ3) is 4.85. The molecule has 2 unspecified atom stereocenters. The fraction of sp³-hybridized carbons (Fsp3) is 0.393. The summed E-state index contributed by atoms with van der Waals surface area (Å²) in [7, 11) is 1.78. The van der Waals surface area contributed by atoms with Crippen molar-refractivity contribution < 1.29 is 23.5 Å². The molecule has 11 heteroatoms. The third-order valence-electron chi connectivity index (χ3n) is 7.18. The summed E-state index contributed by atoms with van der Waals surface area (Å²) in [5.74, 6) is 0.0403. The lowest BCUT2D eigenvalue weighted by molar-refractivity contribution is -0.145. The standard InChI is InChI=1S/C28H30N6O5/c1-4-37-28(36)19-10-18(19)26(35)33-24-11-17-20(12-30-24)25(29-3)31-13-21(17)27-32-22-9-16(5-6-23(22)39-27)34-7-8-38-15(2)14-34/h5-6,9,11-13,15,18-19H,4,7-8,10,14H2,1-3H3,(H,29,31)(H,30,33,35)/t15-,18?,19?/m0/s1. The van der Waals surface area contributed by atoms with Gasteiger partial charge in [0.15, 0.2) is 5.58 Å². The van der Waals surface area contributed by atoms with Gasteiger partial charge in [0.25, 0.3) is 0 Å². The topological polar surface area (TPSA) is 132 Å². The van der Waals surface area contributed by atoms with Crippen LogP contribution in [0.5, 0.6) is 0 Å². The Hall–Kier alpha value is -4.25. The number of fused-ring (bicyclic) bond motifs is 2. The molecule has 202 valence electrons. The van der Waals surface area contributed by atoms with E-state index in [4.69, 9.17) is 18.9 Å². The van der Waals surface area contributed by atoms with Crippen molar-refractivity contribution in [3.05, 3.63) is 36.7 Å². The Balaban J connectivity index is 1.31. The second-order valence-electron chi connectivity index (χ2n) is 9.87. The number of morpholine rings is 1. The van der Waals surface area contributed by atoms with Gasteiger partial charge in [-0.15, -0.1) is 0 Å². The van der Waals surface area contributed by atoms with E-state index in [0.717, 1.165) is 35.1 Å². The number of rotatable bonds is 7. The molecule has 3 aromatic heterocycles. The molecule has 0 bridgehead atoms. The first-order valence-corrected chi connectivity index (χ1v) is 13.2. The summed E-state index contributed by atoms with van der Waals surface area (Å²) in [6.45, 7) is 6.45. The number of nitrogens with one attached hydrogen (secondary N) is 2. The molecule has 2 N–H and O–H groups in total. The molecular weight excluding hydrogens is 500 g/mol. The Labute approximate surface area is 224 Å². The molecule has 0 spiro atoms. The zero-order chi connectivity index (χ0) is 27.1. The smallest absolute Gasteiger partial charge is 0.309 e. The average molecular weight is 531 g/mol. The maximum Gasteiger partial charge on any atom is 0.309 e. The highest BCUT2D eigenvalue weighted by Crippen LogP contribution is 2.41. The van der Waals surface area contributed by atoms with E-state index >= 15 is 0 Å². The van der Waals surface area contributed by atoms with Crippen molar-refractivity contribution >= 4 is 51.1 Å². The van der Waals surface area contributed by atoms with E-state index in [-0.39, 0.29) is 18.0 Å². The molecule has 1 aliphatic carbocycles. The van der Waals surface area contributed by atoms with E-state index in [1.165, 1.54) is 0 Å². The summed E-state index contributed by atoms with van der Waals surface area (Å²) in [5.41, 5.74) is 3.16. The lowest BCUT2D eigenvalue weighted by atomic mass is 10.1. The van der Waals surface area contributed by atoms with Gasteiger partial charge in [-0.05, 0) is 44.5 Å². The zero-order valence-corrected chi connectivity index (χ0v) is 22.1. The third-order valence-corrected chi connectivity index (χ3v) is 7.18. The van der Waals surface area contributed by atoms with Crippen LogP contribution in [0.3, 0.4) is 0 Å². The maximum atomic E-state index is 12.8. The number of benzene rings is 1. The number of esters is 1. The summed E-state index contributed by atoms with van der Waals surface area (Å²) >= 11 is 0. The molecule has 2 aliphatic rings. The zero-order valence-electron chi connectivity index (χ0n) is 22.1. The minimum Gasteiger partial charge on any atom is -0.466 e. The van der Waals surface area contributed by atoms with E-state index in [1.54, 1.807) is 32.4 Å². The fourth-order valence-corrected chi connectivity index (χ4v) is 5.07. The molecule has 1 aromatic carbocycles. The predicted molar refractivity (Wildman–Crippen MR) is 147 cm³/mol. The van der Waals surface area contributed by atoms with Crippen molar-refractivity contribution in [2.75, 3.05) is 48.9 Å². The largest absolute Gasteiger partial charge is 0.466 e. The second-order valence-corrected chi connectivity index (χ2v) is 9.87. The van der Waals surface area contributed by atoms with Crippen LogP contribution < -0.4 is 15.5 Å². The van der Waals surface area contributed by atoms with Crippen LogP contribution in [0, 0.1) is 11.8 Å². The summed E-state index contributed by atoms with van der Waals surface area (Å²) in [4.78, 5) is 40.8. The van der Waals surface area contributed by atoms with Gasteiger partial charge in [0.05, 0.1) is 36.7 Å². The van der Waals surface area contributed by atoms with Gasteiger partial charge in [-0.3, -0.25) is 9.59 Å². The van der Waals surface area contributed by atoms with Gasteiger partial charge in [-0.1, -0.05) is 0 Å². The average Bonchev–Trinajstić information content (AvgIpc) is 3.64. The number of amides is 1. The van der Waals surface area contributed by atoms with E-state index < -0.39 is 11.8 Å². The van der Waals surface area contributed by atoms with E-state index in [2.05, 4.69) is 32.4 Å². The van der Waals surface area contributed by atoms with Crippen LogP contribution in [-0.2, 0) is 19.1 Å². The second kappa shape index (κ2) is 10.1. The number of nitrogens with zero attached hydrogens (tertiary/aromatic N) is 4. The highest BCUT2D eigenvalue weighted by Gasteiger charge is 2.49. The number of carbonyl (C=O) groups is 2. The van der Waals surface area contributed by atoms with Gasteiger partial charge in [-0.2, -0.15) is 0 Å². The summed E-state index contributed by atoms with van der Waals surface area (Å²) in [6.07, 6.45) is 4.01. The van der Waals surface area contributed by atoms with Crippen LogP contribution in [0.15, 0.2) is 41.1 Å². The minimum atomic E-state index is -0.410. The molecule has 1 saturated carbocycles. The first-order chi connectivity index (χ1) is 18.9. The minimum absolute atomic E-state index is 0.171. The van der Waals surface area contributed by atoms with Crippen molar-refractivity contribution in [1.29, 1.82) is 0 Å². The van der Waals surface area contributed by atoms with E-state index in [1.807, 2.05) is 18.2 Å². The van der Waals surface area contributed by atoms with Crippen LogP contribution in [-0.4, -0.2) is 66.3 Å². The van der Waals surface area contributed by atoms with Gasteiger partial charge >= 0.3 is 5.97 Å². The quantitative estimate of drug-likeness (QED) is 0.340. The Morgan fingerprint density at radius 2 is 2.03 bits per heavy atom. The lowest BCUT2D eigenvalue weighted by Crippen LogP contribution is -2.41. The molecule has 3 atom stereocenters. The first-order valence-electron chi connectivity index (χ1n) is 13.2. The molecule has 39 heavy (non-hydrogen) atoms. The molecule has 0 radical (unpaired) electrons. The van der Waals surface area contributed by atoms with Crippen molar-refractivity contribution in [3.63, 3.8) is 0 Å². The molecule has 1 saturated heterocycles. The molecule has 6 rings (SSSR count). The fourth-order valence-electron chi connectivity index (χ4n) is 5.07. The van der Waals surface area contributed by atoms with Crippen LogP contribution >= 0.6 is 0 Å². The predicted octanol–water partition coefficient (Wildman–Crippen LogP) is 3.84. The van der Waals surface area contributed by atoms with Crippen LogP contribution in [0.25, 0.3) is 33.3 Å². The molecule has 11 nitrogen and oxygen atoms in total. The van der Waals surface area contributed by atoms with Gasteiger partial charge in [-0.25, -0.2) is 15.0 Å². The summed E-state index contributed by atoms with van der Waals surface area (Å²) in [5, 5.41) is 7.46. The van der Waals surface area contributed by atoms with Crippen molar-refractivity contribution in [1.82, 2.24) is 15.0 Å². The Kier molecular flexibility index (Phi) is 6.51. The maximum absolute atomic E-state index is 12.8. The number of pyridine rings is 2. The SMILES string of the molecule is CCOC(=O)C1CC1C(=O)Nc1cc2c(-c3nc4cc(N5CCO[C@@H](C)C5)ccc4o3)cnc(NC)c2cn1. The number of carbonyl (C=O) groups excluding carboxylic acids is 2. The monoisotopic (exact) mass is 530 g/mol. The summed E-state index contributed by atoms with van der Waals surface area (Å²) in [6, 6.07) is 7.78. The Bertz CT molecular complexity index is 1570. The molecule has 4 heterocycles. The van der Waals surface area contributed by atoms with Crippen molar-refractivity contribution in [3.8, 4) is 11.5 Å². The Morgan fingerprint density at radius 3 is 2.82 bits per heavy atom. The van der Waals surface area contributed by atoms with Gasteiger partial charge < -0.3 is 29.4 Å². The van der Waals surface area contributed by atoms with Gasteiger partial charge in [0.1, 0.15) is 17.2 Å². The Morgan fingerprint density at radius 1 is 1.15 bits per heavy atom. The normalized spacial score (nSPS) is 20.7. The van der Waals surface area contributed by atoms with Crippen molar-refractivity contribution in [2.24, 2.45) is 11.8 Å². The molecule has 1 amide bonds. The number of aromatic nitrogens is 3. The van der Waals surface area contributed by atoms with Crippen LogP contribution in [0.2, 0.25) is 0 Å². The number of ether oxygens (including phenoxy) is 2. The molecule has 4 aromatic rings. The number of anilines is 3. The molecule has 1 aliphatic heterocycles.